The summed E-state index contributed by atoms with van der Waals surface area (Å²) in [7, 11) is -2.56. The molecule has 0 radical (unpaired) electrons. The van der Waals surface area contributed by atoms with Crippen molar-refractivity contribution in [2.45, 2.75) is 40.0 Å². The Bertz CT molecular complexity index is 945. The molecule has 0 amide bonds. The fourth-order valence-corrected chi connectivity index (χ4v) is 4.28. The molecule has 0 N–H and O–H groups in total. The van der Waals surface area contributed by atoms with E-state index in [1.165, 1.54) is 0 Å². The smallest absolute Gasteiger partial charge is 0.182 e. The molecule has 0 aliphatic heterocycles. The Morgan fingerprint density at radius 3 is 2.07 bits per heavy atom. The van der Waals surface area contributed by atoms with Crippen molar-refractivity contribution in [3.63, 3.8) is 0 Å². The second-order valence-electron chi connectivity index (χ2n) is 8.73. The third-order valence-electron chi connectivity index (χ3n) is 4.31. The van der Waals surface area contributed by atoms with Crippen LogP contribution in [0.5, 0.6) is 0 Å². The second kappa shape index (κ2) is 7.47. The minimum Gasteiger partial charge on any atom is -0.292 e. The highest BCUT2D eigenvalue weighted by Gasteiger charge is 2.36. The van der Waals surface area contributed by atoms with Crippen molar-refractivity contribution < 1.29 is 9.00 Å². The second-order valence-corrected chi connectivity index (χ2v) is 11.6. The predicted molar refractivity (Wildman–Crippen MR) is 115 cm³/mol. The largest absolute Gasteiger partial charge is 0.292 e. The molecular weight excluding hydrogens is 356 g/mol. The van der Waals surface area contributed by atoms with E-state index in [4.69, 9.17) is 0 Å². The van der Waals surface area contributed by atoms with Gasteiger partial charge in [0.25, 0.3) is 0 Å². The molecule has 5 heteroatoms. The van der Waals surface area contributed by atoms with Crippen LogP contribution in [0.15, 0.2) is 54.9 Å². The normalized spacial score (nSPS) is 13.5. The number of allylic oxidation sites excluding steroid dienone is 2. The van der Waals surface area contributed by atoms with Gasteiger partial charge in [0.1, 0.15) is 0 Å². The lowest BCUT2D eigenvalue weighted by Crippen LogP contribution is -2.40. The van der Waals surface area contributed by atoms with E-state index >= 15 is 0 Å². The van der Waals surface area contributed by atoms with Crippen LogP contribution in [-0.4, -0.2) is 37.1 Å². The summed E-state index contributed by atoms with van der Waals surface area (Å²) in [6, 6.07) is 11.4. The zero-order valence-corrected chi connectivity index (χ0v) is 18.1. The topological polar surface area (TPSA) is 52.0 Å². The average Bonchev–Trinajstić information content (AvgIpc) is 3.06. The molecule has 27 heavy (non-hydrogen) atoms. The molecule has 0 fully saturated rings. The molecule has 0 aliphatic carbocycles. The van der Waals surface area contributed by atoms with E-state index in [0.29, 0.717) is 10.6 Å². The zero-order chi connectivity index (χ0) is 20.5. The third-order valence-corrected chi connectivity index (χ3v) is 5.69. The molecule has 0 spiro atoms. The van der Waals surface area contributed by atoms with Gasteiger partial charge in [-0.3, -0.25) is 9.00 Å². The van der Waals surface area contributed by atoms with E-state index < -0.39 is 14.9 Å². The van der Waals surface area contributed by atoms with Gasteiger partial charge < -0.3 is 0 Å². The molecule has 0 atom stereocenters. The highest BCUT2D eigenvalue weighted by molar-refractivity contribution is 8.03. The predicted octanol–water partition coefficient (Wildman–Crippen LogP) is 4.03. The van der Waals surface area contributed by atoms with Gasteiger partial charge in [-0.1, -0.05) is 57.2 Å². The quantitative estimate of drug-likeness (QED) is 0.576. The molecule has 0 aliphatic rings. The number of ketones is 1. The van der Waals surface area contributed by atoms with E-state index in [1.54, 1.807) is 35.7 Å². The van der Waals surface area contributed by atoms with Gasteiger partial charge in [0.05, 0.1) is 16.0 Å². The maximum atomic E-state index is 13.7. The van der Waals surface area contributed by atoms with E-state index in [2.05, 4.69) is 5.10 Å². The van der Waals surface area contributed by atoms with Crippen LogP contribution in [0.1, 0.15) is 40.2 Å². The number of hydrogen-bond acceptors (Lipinski definition) is 3. The summed E-state index contributed by atoms with van der Waals surface area (Å²) in [6.45, 7) is 9.91. The average molecular weight is 387 g/mol. The summed E-state index contributed by atoms with van der Waals surface area (Å²) in [6.07, 6.45) is 8.67. The van der Waals surface area contributed by atoms with Gasteiger partial charge in [0, 0.05) is 24.9 Å². The molecule has 0 bridgehead atoms. The number of aromatic nitrogens is 2. The Morgan fingerprint density at radius 2 is 1.63 bits per heavy atom. The number of Topliss-reactive ketones (excluding diaryl/α,β-unsaturated/α-hetero) is 1. The van der Waals surface area contributed by atoms with Crippen LogP contribution in [0.4, 0.5) is 0 Å². The van der Waals surface area contributed by atoms with Crippen molar-refractivity contribution in [3.05, 3.63) is 60.4 Å². The summed E-state index contributed by atoms with van der Waals surface area (Å²) in [5.74, 6) is -0.144. The molecule has 2 aromatic rings. The van der Waals surface area contributed by atoms with E-state index in [-0.39, 0.29) is 11.2 Å². The first-order valence-corrected chi connectivity index (χ1v) is 11.4. The fraction of sp³-hybridized carbons (Fsp3) is 0.409. The molecule has 4 nitrogen and oxygen atoms in total. The molecule has 0 saturated heterocycles. The van der Waals surface area contributed by atoms with Gasteiger partial charge in [0.15, 0.2) is 5.78 Å². The first-order chi connectivity index (χ1) is 12.3. The SMILES string of the molecule is CC(C)(C)/C=C(\C(C(=O)C(C)(C)c1ccccc1)=S(C)(C)=O)n1cccn1. The lowest BCUT2D eigenvalue weighted by molar-refractivity contribution is -0.116. The van der Waals surface area contributed by atoms with Gasteiger partial charge >= 0.3 is 0 Å². The highest BCUT2D eigenvalue weighted by Crippen LogP contribution is 2.29. The molecule has 1 aromatic heterocycles. The highest BCUT2D eigenvalue weighted by atomic mass is 32.2. The standard InChI is InChI=1S/C22H30N2O2S/c1-21(2,3)16-18(24-15-11-14-23-24)19(27(6,7)26)20(25)22(4,5)17-12-9-8-10-13-17/h8-16H,1-7H3/b18-16+. The van der Waals surface area contributed by atoms with Crippen molar-refractivity contribution in [2.75, 3.05) is 12.5 Å². The summed E-state index contributed by atoms with van der Waals surface area (Å²) in [5.41, 5.74) is 0.465. The van der Waals surface area contributed by atoms with Gasteiger partial charge in [-0.2, -0.15) is 5.10 Å². The van der Waals surface area contributed by atoms with Crippen molar-refractivity contribution in [1.82, 2.24) is 9.78 Å². The minimum absolute atomic E-state index is 0.144. The Morgan fingerprint density at radius 1 is 1.04 bits per heavy atom. The maximum absolute atomic E-state index is 13.7. The lowest BCUT2D eigenvalue weighted by atomic mass is 9.78. The summed E-state index contributed by atoms with van der Waals surface area (Å²) >= 11 is 0. The molecule has 1 aromatic carbocycles. The van der Waals surface area contributed by atoms with Crippen LogP contribution in [0.2, 0.25) is 0 Å². The van der Waals surface area contributed by atoms with Crippen LogP contribution < -0.4 is 0 Å². The van der Waals surface area contributed by atoms with Gasteiger partial charge in [-0.25, -0.2) is 4.68 Å². The molecule has 1 heterocycles. The van der Waals surface area contributed by atoms with Crippen LogP contribution in [0, 0.1) is 5.41 Å². The molecular formula is C22H30N2O2S. The molecule has 0 unspecified atom stereocenters. The minimum atomic E-state index is -2.56. The number of carbonyl (C=O) groups excluding carboxylic acids is 1. The maximum Gasteiger partial charge on any atom is 0.182 e. The zero-order valence-electron chi connectivity index (χ0n) is 17.3. The number of carbonyl (C=O) groups is 1. The first kappa shape index (κ1) is 21.2. The van der Waals surface area contributed by atoms with Crippen molar-refractivity contribution in [2.24, 2.45) is 5.41 Å². The van der Waals surface area contributed by atoms with E-state index in [0.717, 1.165) is 5.56 Å². The van der Waals surface area contributed by atoms with Crippen molar-refractivity contribution in [3.8, 4) is 0 Å². The summed E-state index contributed by atoms with van der Waals surface area (Å²) in [5, 5.41) is 4.32. The Kier molecular flexibility index (Phi) is 5.85. The number of rotatable bonds is 5. The third kappa shape index (κ3) is 4.98. The Hall–Kier alpha value is -2.14. The van der Waals surface area contributed by atoms with Crippen LogP contribution in [0.3, 0.4) is 0 Å². The monoisotopic (exact) mass is 386 g/mol. The summed E-state index contributed by atoms with van der Waals surface area (Å²) in [4.78, 5) is 14.1. The van der Waals surface area contributed by atoms with Crippen LogP contribution in [0.25, 0.3) is 5.70 Å². The number of nitrogens with zero attached hydrogens (tertiary/aromatic N) is 2. The van der Waals surface area contributed by atoms with Gasteiger partial charge in [-0.15, -0.1) is 0 Å². The molecule has 0 saturated carbocycles. The van der Waals surface area contributed by atoms with Crippen molar-refractivity contribution in [1.29, 1.82) is 0 Å². The van der Waals surface area contributed by atoms with Gasteiger partial charge in [-0.05, 0) is 40.4 Å². The molecule has 2 rings (SSSR count). The fourth-order valence-electron chi connectivity index (χ4n) is 2.92. The van der Waals surface area contributed by atoms with E-state index in [9.17, 15) is 9.00 Å². The van der Waals surface area contributed by atoms with Crippen LogP contribution >= 0.6 is 0 Å². The Balaban J connectivity index is 2.75. The lowest BCUT2D eigenvalue weighted by Gasteiger charge is -2.28. The number of benzene rings is 1. The number of hydrogen-bond donors (Lipinski definition) is 0. The van der Waals surface area contributed by atoms with Crippen LogP contribution in [-0.2, 0) is 19.7 Å². The van der Waals surface area contributed by atoms with Crippen molar-refractivity contribution >= 4 is 25.9 Å². The van der Waals surface area contributed by atoms with E-state index in [1.807, 2.05) is 71.0 Å². The Labute approximate surface area is 163 Å². The summed E-state index contributed by atoms with van der Waals surface area (Å²) < 4.78 is 14.9. The molecule has 146 valence electrons. The first-order valence-electron chi connectivity index (χ1n) is 8.99. The van der Waals surface area contributed by atoms with Gasteiger partial charge in [0.2, 0.25) is 0 Å².